The van der Waals surface area contributed by atoms with E-state index in [9.17, 15) is 31.2 Å². The Morgan fingerprint density at radius 3 is 1.56 bits per heavy atom. The van der Waals surface area contributed by atoms with Crippen LogP contribution >= 0.6 is 23.9 Å². The molecule has 2 N–H and O–H groups in total. The monoisotopic (exact) mass is 301 g/mol. The van der Waals surface area contributed by atoms with E-state index in [4.69, 9.17) is 10.2 Å². The number of carbonyl (C=O) groups is 2. The van der Waals surface area contributed by atoms with Crippen molar-refractivity contribution in [3.8, 4) is 0 Å². The SMILES string of the molecule is O=C(O)SN(SC(=O)O)S(=O)(=O)C(F)(F)F. The topological polar surface area (TPSA) is 112 Å². The minimum atomic E-state index is -6.03. The third-order valence-corrected chi connectivity index (χ3v) is 4.45. The van der Waals surface area contributed by atoms with Gasteiger partial charge in [-0.15, -0.1) is 0 Å². The highest BCUT2D eigenvalue weighted by molar-refractivity contribution is 8.32. The molecule has 0 spiro atoms. The second-order valence-corrected chi connectivity index (χ2v) is 6.12. The highest BCUT2D eigenvalue weighted by Gasteiger charge is 2.52. The molecule has 0 radical (unpaired) electrons. The maximum absolute atomic E-state index is 11.9. The number of rotatable bonds is 3. The first-order valence-electron chi connectivity index (χ1n) is 2.92. The fraction of sp³-hybridized carbons (Fsp3) is 0.333. The average Bonchev–Trinajstić information content (AvgIpc) is 1.98. The molecule has 0 rings (SSSR count). The van der Waals surface area contributed by atoms with Gasteiger partial charge in [-0.05, 0) is 0 Å². The number of carboxylic acid groups (broad SMARTS) is 2. The Morgan fingerprint density at radius 2 is 1.38 bits per heavy atom. The van der Waals surface area contributed by atoms with Crippen molar-refractivity contribution in [1.29, 1.82) is 0 Å². The van der Waals surface area contributed by atoms with E-state index in [1.165, 1.54) is 0 Å². The van der Waals surface area contributed by atoms with Gasteiger partial charge in [0.1, 0.15) is 0 Å². The predicted molar refractivity (Wildman–Crippen MR) is 48.0 cm³/mol. The molecular weight excluding hydrogens is 299 g/mol. The minimum Gasteiger partial charge on any atom is -0.472 e. The number of sulfonamides is 1. The summed E-state index contributed by atoms with van der Waals surface area (Å²) in [5, 5.41) is 12.2. The van der Waals surface area contributed by atoms with E-state index < -0.39 is 53.1 Å². The van der Waals surface area contributed by atoms with E-state index in [1.807, 2.05) is 0 Å². The van der Waals surface area contributed by atoms with E-state index in [-0.39, 0.29) is 0 Å². The summed E-state index contributed by atoms with van der Waals surface area (Å²) in [5.41, 5.74) is -5.78. The van der Waals surface area contributed by atoms with Gasteiger partial charge in [0.25, 0.3) is 0 Å². The van der Waals surface area contributed by atoms with Gasteiger partial charge in [0.05, 0.1) is 23.9 Å². The number of halogens is 3. The standard InChI is InChI=1S/C3H2F3NO6S3/c4-3(5,6)16(12,13)7(14-1(8)9)15-2(10)11/h(H,8,9)(H,10,11). The number of nitrogens with zero attached hydrogens (tertiary/aromatic N) is 1. The van der Waals surface area contributed by atoms with Crippen molar-refractivity contribution in [2.24, 2.45) is 0 Å². The van der Waals surface area contributed by atoms with Crippen LogP contribution in [0.2, 0.25) is 0 Å². The molecule has 0 aliphatic carbocycles. The molecule has 0 aliphatic rings. The molecule has 0 saturated carbocycles. The van der Waals surface area contributed by atoms with E-state index in [0.29, 0.717) is 0 Å². The molecule has 0 heterocycles. The van der Waals surface area contributed by atoms with E-state index in [1.54, 1.807) is 0 Å². The maximum atomic E-state index is 11.9. The van der Waals surface area contributed by atoms with Gasteiger partial charge < -0.3 is 10.2 Å². The molecule has 0 aromatic rings. The van der Waals surface area contributed by atoms with Crippen molar-refractivity contribution in [2.45, 2.75) is 5.51 Å². The zero-order chi connectivity index (χ0) is 13.1. The normalized spacial score (nSPS) is 12.8. The van der Waals surface area contributed by atoms with Crippen LogP contribution in [0.1, 0.15) is 0 Å². The van der Waals surface area contributed by atoms with Crippen molar-refractivity contribution in [2.75, 3.05) is 0 Å². The van der Waals surface area contributed by atoms with Gasteiger partial charge in [-0.1, -0.05) is 3.12 Å². The molecule has 0 aliphatic heterocycles. The van der Waals surface area contributed by atoms with Gasteiger partial charge >= 0.3 is 26.1 Å². The minimum absolute atomic E-state index is 0.814. The van der Waals surface area contributed by atoms with Crippen molar-refractivity contribution in [3.63, 3.8) is 0 Å². The van der Waals surface area contributed by atoms with Crippen LogP contribution in [0.15, 0.2) is 0 Å². The quantitative estimate of drug-likeness (QED) is 0.759. The third kappa shape index (κ3) is 4.07. The van der Waals surface area contributed by atoms with Crippen LogP contribution in [0.5, 0.6) is 0 Å². The Hall–Kier alpha value is -0.660. The lowest BCUT2D eigenvalue weighted by Crippen LogP contribution is -2.34. The van der Waals surface area contributed by atoms with E-state index >= 15 is 0 Å². The highest BCUT2D eigenvalue weighted by Crippen LogP contribution is 2.36. The third-order valence-electron chi connectivity index (χ3n) is 0.794. The molecule has 0 aromatic carbocycles. The van der Waals surface area contributed by atoms with Crippen LogP contribution in [0, 0.1) is 0 Å². The average molecular weight is 301 g/mol. The van der Waals surface area contributed by atoms with Crippen LogP contribution in [0.25, 0.3) is 0 Å². The van der Waals surface area contributed by atoms with E-state index in [2.05, 4.69) is 0 Å². The van der Waals surface area contributed by atoms with Crippen molar-refractivity contribution < 1.29 is 41.4 Å². The molecule has 0 saturated heterocycles. The summed E-state index contributed by atoms with van der Waals surface area (Å²) in [6, 6.07) is 0. The Kier molecular flexibility index (Phi) is 4.90. The molecule has 0 aromatic heterocycles. The second kappa shape index (κ2) is 5.11. The first-order chi connectivity index (χ1) is 6.98. The van der Waals surface area contributed by atoms with Crippen LogP contribution in [-0.2, 0) is 10.0 Å². The molecule has 0 fully saturated rings. The lowest BCUT2D eigenvalue weighted by Gasteiger charge is -2.16. The molecule has 0 bridgehead atoms. The summed E-state index contributed by atoms with van der Waals surface area (Å²) >= 11 is -1.63. The van der Waals surface area contributed by atoms with Gasteiger partial charge in [0.2, 0.25) is 0 Å². The molecule has 0 unspecified atom stereocenters. The molecule has 0 atom stereocenters. The molecule has 13 heteroatoms. The zero-order valence-corrected chi connectivity index (χ0v) is 9.28. The first-order valence-corrected chi connectivity index (χ1v) is 5.90. The summed E-state index contributed by atoms with van der Waals surface area (Å²) < 4.78 is 56.3. The van der Waals surface area contributed by atoms with Crippen LogP contribution in [0.4, 0.5) is 22.8 Å². The molecule has 16 heavy (non-hydrogen) atoms. The zero-order valence-electron chi connectivity index (χ0n) is 6.83. The van der Waals surface area contributed by atoms with Crippen LogP contribution in [-0.4, -0.2) is 37.9 Å². The van der Waals surface area contributed by atoms with Gasteiger partial charge in [0.15, 0.2) is 0 Å². The second-order valence-electron chi connectivity index (χ2n) is 1.86. The molecule has 0 amide bonds. The Bertz CT molecular complexity index is 374. The molecule has 94 valence electrons. The lowest BCUT2D eigenvalue weighted by molar-refractivity contribution is -0.0453. The Balaban J connectivity index is 5.18. The summed E-state index contributed by atoms with van der Waals surface area (Å²) in [6.45, 7) is 0. The lowest BCUT2D eigenvalue weighted by atomic mass is 11.6. The maximum Gasteiger partial charge on any atom is 0.513 e. The smallest absolute Gasteiger partial charge is 0.472 e. The van der Waals surface area contributed by atoms with Gasteiger partial charge in [0, 0.05) is 0 Å². The summed E-state index contributed by atoms with van der Waals surface area (Å²) in [5.74, 6) is 0. The fourth-order valence-electron chi connectivity index (χ4n) is 0.329. The Labute approximate surface area is 94.9 Å². The Morgan fingerprint density at radius 1 is 1.06 bits per heavy atom. The predicted octanol–water partition coefficient (Wildman–Crippen LogP) is 1.79. The van der Waals surface area contributed by atoms with E-state index in [0.717, 1.165) is 0 Å². The van der Waals surface area contributed by atoms with Gasteiger partial charge in [-0.3, -0.25) is 0 Å². The van der Waals surface area contributed by atoms with Crippen molar-refractivity contribution >= 4 is 44.5 Å². The summed E-state index contributed by atoms with van der Waals surface area (Å²) in [6.07, 6.45) is 0. The van der Waals surface area contributed by atoms with Crippen LogP contribution in [0.3, 0.4) is 0 Å². The summed E-state index contributed by atoms with van der Waals surface area (Å²) in [7, 11) is -6.03. The fourth-order valence-corrected chi connectivity index (χ4v) is 2.96. The number of hydrogen-bond acceptors (Lipinski definition) is 6. The van der Waals surface area contributed by atoms with Crippen molar-refractivity contribution in [3.05, 3.63) is 0 Å². The van der Waals surface area contributed by atoms with Gasteiger partial charge in [-0.25, -0.2) is 18.0 Å². The highest BCUT2D eigenvalue weighted by atomic mass is 32.3. The molecule has 7 nitrogen and oxygen atoms in total. The number of hydrogen-bond donors (Lipinski definition) is 2. The van der Waals surface area contributed by atoms with Gasteiger partial charge in [-0.2, -0.15) is 13.2 Å². The van der Waals surface area contributed by atoms with Crippen LogP contribution < -0.4 is 0 Å². The largest absolute Gasteiger partial charge is 0.513 e. The van der Waals surface area contributed by atoms with Crippen molar-refractivity contribution in [1.82, 2.24) is 3.12 Å². The summed E-state index contributed by atoms with van der Waals surface area (Å²) in [4.78, 5) is 20.1. The first kappa shape index (κ1) is 15.3. The number of alkyl halides is 3. The molecular formula is C3H2F3NO6S3.